The Balaban J connectivity index is 1.86. The van der Waals surface area contributed by atoms with Crippen molar-refractivity contribution >= 4 is 40.2 Å². The van der Waals surface area contributed by atoms with Crippen LogP contribution in [0.1, 0.15) is 22.0 Å². The number of ether oxygens (including phenoxy) is 2. The van der Waals surface area contributed by atoms with Crippen LogP contribution in [-0.4, -0.2) is 19.0 Å². The van der Waals surface area contributed by atoms with Gasteiger partial charge in [0.2, 0.25) is 6.10 Å². The number of methoxy groups -OCH3 is 1. The van der Waals surface area contributed by atoms with Gasteiger partial charge in [-0.1, -0.05) is 48.5 Å². The van der Waals surface area contributed by atoms with Crippen LogP contribution in [0.3, 0.4) is 0 Å². The average molecular weight is 487 g/mol. The van der Waals surface area contributed by atoms with Crippen LogP contribution in [0.15, 0.2) is 78.9 Å². The topological polar surface area (TPSA) is 64.6 Å². The Hall–Kier alpha value is -2.87. The van der Waals surface area contributed by atoms with E-state index in [1.807, 2.05) is 18.2 Å². The minimum atomic E-state index is -1.09. The number of rotatable bonds is 6. The summed E-state index contributed by atoms with van der Waals surface area (Å²) in [5.41, 5.74) is 1.55. The fourth-order valence-electron chi connectivity index (χ4n) is 2.61. The zero-order valence-corrected chi connectivity index (χ0v) is 17.3. The lowest BCUT2D eigenvalue weighted by Gasteiger charge is -2.18. The average Bonchev–Trinajstić information content (AvgIpc) is 2.73. The van der Waals surface area contributed by atoms with E-state index in [4.69, 9.17) is 9.47 Å². The number of esters is 1. The molecule has 0 radical (unpaired) electrons. The molecule has 0 fully saturated rings. The van der Waals surface area contributed by atoms with E-state index in [9.17, 15) is 9.59 Å². The fraction of sp³-hybridized carbons (Fsp3) is 0.0909. The summed E-state index contributed by atoms with van der Waals surface area (Å²) in [7, 11) is 1.55. The number of halogens is 1. The van der Waals surface area contributed by atoms with Gasteiger partial charge in [-0.2, -0.15) is 0 Å². The van der Waals surface area contributed by atoms with E-state index in [1.165, 1.54) is 0 Å². The first-order valence-electron chi connectivity index (χ1n) is 8.54. The summed E-state index contributed by atoms with van der Waals surface area (Å²) >= 11 is 2.07. The predicted octanol–water partition coefficient (Wildman–Crippen LogP) is 4.84. The van der Waals surface area contributed by atoms with Crippen molar-refractivity contribution in [2.45, 2.75) is 6.10 Å². The molecule has 3 aromatic rings. The summed E-state index contributed by atoms with van der Waals surface area (Å²) < 4.78 is 11.5. The van der Waals surface area contributed by atoms with Crippen molar-refractivity contribution in [1.82, 2.24) is 0 Å². The molecule has 1 amide bonds. The molecule has 0 aliphatic carbocycles. The van der Waals surface area contributed by atoms with Gasteiger partial charge in [0, 0.05) is 20.9 Å². The normalized spacial score (nSPS) is 11.4. The van der Waals surface area contributed by atoms with Crippen LogP contribution in [0.25, 0.3) is 0 Å². The van der Waals surface area contributed by atoms with E-state index in [2.05, 4.69) is 27.9 Å². The molecule has 1 atom stereocenters. The number of carbonyl (C=O) groups is 2. The van der Waals surface area contributed by atoms with Gasteiger partial charge < -0.3 is 14.8 Å². The maximum absolute atomic E-state index is 12.9. The van der Waals surface area contributed by atoms with Crippen molar-refractivity contribution < 1.29 is 19.1 Å². The lowest BCUT2D eigenvalue weighted by molar-refractivity contribution is -0.125. The number of amides is 1. The maximum atomic E-state index is 12.9. The van der Waals surface area contributed by atoms with Gasteiger partial charge in [0.1, 0.15) is 5.75 Å². The minimum Gasteiger partial charge on any atom is -0.497 e. The Labute approximate surface area is 176 Å². The summed E-state index contributed by atoms with van der Waals surface area (Å²) in [5, 5.41) is 2.79. The molecule has 0 unspecified atom stereocenters. The third kappa shape index (κ3) is 4.89. The standard InChI is InChI=1S/C22H18INO4/c1-27-17-11-7-10-16(14-17)24-21(25)20(15-8-3-2-4-9-15)28-22(26)18-12-5-6-13-19(18)23/h2-14,20H,1H3,(H,24,25)/t20-/m1/s1. The Bertz CT molecular complexity index is 975. The quantitative estimate of drug-likeness (QED) is 0.400. The Kier molecular flexibility index (Phi) is 6.65. The molecule has 0 aliphatic rings. The van der Waals surface area contributed by atoms with Gasteiger partial charge in [-0.25, -0.2) is 4.79 Å². The summed E-state index contributed by atoms with van der Waals surface area (Å²) in [4.78, 5) is 25.6. The highest BCUT2D eigenvalue weighted by Gasteiger charge is 2.26. The van der Waals surface area contributed by atoms with Crippen LogP contribution in [0.5, 0.6) is 5.75 Å². The molecule has 3 rings (SSSR count). The second-order valence-corrected chi connectivity index (χ2v) is 7.06. The second kappa shape index (κ2) is 9.36. The van der Waals surface area contributed by atoms with Gasteiger partial charge in [0.25, 0.3) is 5.91 Å². The molecule has 0 bridgehead atoms. The van der Waals surface area contributed by atoms with Crippen molar-refractivity contribution in [1.29, 1.82) is 0 Å². The zero-order valence-electron chi connectivity index (χ0n) is 15.1. The van der Waals surface area contributed by atoms with Crippen molar-refractivity contribution in [2.75, 3.05) is 12.4 Å². The number of anilines is 1. The van der Waals surface area contributed by atoms with E-state index in [-0.39, 0.29) is 0 Å². The van der Waals surface area contributed by atoms with Gasteiger partial charge in [0.15, 0.2) is 0 Å². The molecule has 6 heteroatoms. The van der Waals surface area contributed by atoms with Gasteiger partial charge in [0.05, 0.1) is 12.7 Å². The highest BCUT2D eigenvalue weighted by atomic mass is 127. The lowest BCUT2D eigenvalue weighted by atomic mass is 10.1. The largest absolute Gasteiger partial charge is 0.497 e. The van der Waals surface area contributed by atoms with Crippen LogP contribution in [0.4, 0.5) is 5.69 Å². The van der Waals surface area contributed by atoms with Gasteiger partial charge in [-0.15, -0.1) is 0 Å². The molecule has 28 heavy (non-hydrogen) atoms. The van der Waals surface area contributed by atoms with E-state index in [1.54, 1.807) is 67.8 Å². The van der Waals surface area contributed by atoms with E-state index in [0.29, 0.717) is 22.6 Å². The van der Waals surface area contributed by atoms with E-state index < -0.39 is 18.0 Å². The first kappa shape index (κ1) is 19.9. The molecule has 142 valence electrons. The SMILES string of the molecule is COc1cccc(NC(=O)[C@H](OC(=O)c2ccccc2I)c2ccccc2)c1. The van der Waals surface area contributed by atoms with Gasteiger partial charge >= 0.3 is 5.97 Å². The van der Waals surface area contributed by atoms with Crippen molar-refractivity contribution in [3.05, 3.63) is 93.6 Å². The number of nitrogens with one attached hydrogen (secondary N) is 1. The molecule has 0 aliphatic heterocycles. The van der Waals surface area contributed by atoms with Crippen LogP contribution < -0.4 is 10.1 Å². The van der Waals surface area contributed by atoms with Crippen molar-refractivity contribution in [3.8, 4) is 5.75 Å². The van der Waals surface area contributed by atoms with Crippen LogP contribution in [0, 0.1) is 3.57 Å². The maximum Gasteiger partial charge on any atom is 0.340 e. The van der Waals surface area contributed by atoms with Crippen LogP contribution in [0.2, 0.25) is 0 Å². The summed E-state index contributed by atoms with van der Waals surface area (Å²) in [6.07, 6.45) is -1.09. The molecule has 0 spiro atoms. The molecule has 0 saturated heterocycles. The van der Waals surface area contributed by atoms with E-state index >= 15 is 0 Å². The first-order chi connectivity index (χ1) is 13.6. The highest BCUT2D eigenvalue weighted by molar-refractivity contribution is 14.1. The summed E-state index contributed by atoms with van der Waals surface area (Å²) in [6.45, 7) is 0. The second-order valence-electron chi connectivity index (χ2n) is 5.90. The molecule has 0 saturated carbocycles. The monoisotopic (exact) mass is 487 g/mol. The number of benzene rings is 3. The fourth-order valence-corrected chi connectivity index (χ4v) is 3.21. The third-order valence-electron chi connectivity index (χ3n) is 4.00. The molecule has 0 aromatic heterocycles. The number of carbonyl (C=O) groups excluding carboxylic acids is 2. The molecule has 3 aromatic carbocycles. The molecular weight excluding hydrogens is 469 g/mol. The number of hydrogen-bond donors (Lipinski definition) is 1. The molecule has 1 N–H and O–H groups in total. The summed E-state index contributed by atoms with van der Waals surface area (Å²) in [6, 6.07) is 23.0. The van der Waals surface area contributed by atoms with Crippen LogP contribution >= 0.6 is 22.6 Å². The summed E-state index contributed by atoms with van der Waals surface area (Å²) in [5.74, 6) is -0.386. The number of hydrogen-bond acceptors (Lipinski definition) is 4. The molecular formula is C22H18INO4. The van der Waals surface area contributed by atoms with Crippen LogP contribution in [-0.2, 0) is 9.53 Å². The Morgan fingerprint density at radius 2 is 1.64 bits per heavy atom. The predicted molar refractivity (Wildman–Crippen MR) is 115 cm³/mol. The van der Waals surface area contributed by atoms with Gasteiger partial charge in [-0.3, -0.25) is 4.79 Å². The van der Waals surface area contributed by atoms with E-state index in [0.717, 1.165) is 3.57 Å². The van der Waals surface area contributed by atoms with Crippen molar-refractivity contribution in [3.63, 3.8) is 0 Å². The van der Waals surface area contributed by atoms with Gasteiger partial charge in [-0.05, 0) is 46.9 Å². The molecule has 0 heterocycles. The Morgan fingerprint density at radius 1 is 0.929 bits per heavy atom. The molecule has 5 nitrogen and oxygen atoms in total. The van der Waals surface area contributed by atoms with Crippen molar-refractivity contribution in [2.24, 2.45) is 0 Å². The first-order valence-corrected chi connectivity index (χ1v) is 9.61. The third-order valence-corrected chi connectivity index (χ3v) is 4.94. The lowest BCUT2D eigenvalue weighted by Crippen LogP contribution is -2.26. The smallest absolute Gasteiger partial charge is 0.340 e. The Morgan fingerprint density at radius 3 is 2.36 bits per heavy atom. The highest BCUT2D eigenvalue weighted by Crippen LogP contribution is 2.24. The minimum absolute atomic E-state index is 0.415. The zero-order chi connectivity index (χ0) is 19.9.